The third-order valence-corrected chi connectivity index (χ3v) is 2.11. The molecule has 0 bridgehead atoms. The highest BCUT2D eigenvalue weighted by Crippen LogP contribution is 2.18. The highest BCUT2D eigenvalue weighted by Gasteiger charge is 2.19. The minimum atomic E-state index is -0.262. The standard InChI is InChI=1S/C11H19O4/c1-4-6-9(11(13)15-3)7-5-8-10(12)14-2/h4-8H2,1-3H3. The summed E-state index contributed by atoms with van der Waals surface area (Å²) < 4.78 is 9.17. The van der Waals surface area contributed by atoms with Gasteiger partial charge in [-0.1, -0.05) is 13.3 Å². The van der Waals surface area contributed by atoms with Gasteiger partial charge in [-0.3, -0.25) is 9.59 Å². The maximum absolute atomic E-state index is 11.3. The number of ether oxygens (including phenoxy) is 2. The minimum Gasteiger partial charge on any atom is -0.469 e. The molecule has 0 unspecified atom stereocenters. The molecular formula is C11H19O4. The lowest BCUT2D eigenvalue weighted by atomic mass is 9.97. The summed E-state index contributed by atoms with van der Waals surface area (Å²) in [5.41, 5.74) is 0. The van der Waals surface area contributed by atoms with Gasteiger partial charge in [-0.15, -0.1) is 0 Å². The lowest BCUT2D eigenvalue weighted by molar-refractivity contribution is -0.141. The molecule has 4 nitrogen and oxygen atoms in total. The van der Waals surface area contributed by atoms with Gasteiger partial charge in [0.1, 0.15) is 0 Å². The first-order chi connectivity index (χ1) is 7.15. The van der Waals surface area contributed by atoms with Crippen molar-refractivity contribution in [2.75, 3.05) is 14.2 Å². The molecule has 0 aliphatic rings. The summed E-state index contributed by atoms with van der Waals surface area (Å²) in [6.45, 7) is 2.00. The molecule has 0 aromatic carbocycles. The Morgan fingerprint density at radius 3 is 2.13 bits per heavy atom. The van der Waals surface area contributed by atoms with Crippen LogP contribution in [0.25, 0.3) is 0 Å². The molecule has 0 rings (SSSR count). The van der Waals surface area contributed by atoms with E-state index in [2.05, 4.69) is 9.47 Å². The topological polar surface area (TPSA) is 52.6 Å². The molecule has 4 heteroatoms. The van der Waals surface area contributed by atoms with Gasteiger partial charge < -0.3 is 9.47 Å². The summed E-state index contributed by atoms with van der Waals surface area (Å²) in [5, 5.41) is 0. The summed E-state index contributed by atoms with van der Waals surface area (Å²) in [4.78, 5) is 22.1. The van der Waals surface area contributed by atoms with Gasteiger partial charge >= 0.3 is 11.9 Å². The molecule has 0 aromatic rings. The average Bonchev–Trinajstić information content (AvgIpc) is 2.26. The maximum atomic E-state index is 11.3. The van der Waals surface area contributed by atoms with E-state index in [0.29, 0.717) is 19.3 Å². The van der Waals surface area contributed by atoms with Crippen LogP contribution in [0, 0.1) is 5.92 Å². The Kier molecular flexibility index (Phi) is 7.68. The summed E-state index contributed by atoms with van der Waals surface area (Å²) in [7, 11) is 2.73. The van der Waals surface area contributed by atoms with Crippen LogP contribution >= 0.6 is 0 Å². The van der Waals surface area contributed by atoms with E-state index >= 15 is 0 Å². The first-order valence-corrected chi connectivity index (χ1v) is 5.15. The summed E-state index contributed by atoms with van der Waals surface area (Å²) in [6, 6.07) is 0. The van der Waals surface area contributed by atoms with Crippen molar-refractivity contribution < 1.29 is 19.1 Å². The molecule has 0 amide bonds. The van der Waals surface area contributed by atoms with Crippen LogP contribution in [0.3, 0.4) is 0 Å². The van der Waals surface area contributed by atoms with Crippen LogP contribution in [0.15, 0.2) is 0 Å². The molecule has 0 N–H and O–H groups in total. The lowest BCUT2D eigenvalue weighted by Crippen LogP contribution is -2.14. The van der Waals surface area contributed by atoms with Crippen LogP contribution in [0.2, 0.25) is 0 Å². The van der Waals surface area contributed by atoms with Gasteiger partial charge in [0.15, 0.2) is 0 Å². The summed E-state index contributed by atoms with van der Waals surface area (Å²) >= 11 is 0. The van der Waals surface area contributed by atoms with Crippen molar-refractivity contribution in [2.45, 2.75) is 39.0 Å². The SMILES string of the molecule is CCC[C](CCCC(=O)OC)C(=O)OC. The molecule has 87 valence electrons. The Morgan fingerprint density at radius 1 is 1.00 bits per heavy atom. The molecule has 0 spiro atoms. The van der Waals surface area contributed by atoms with Crippen molar-refractivity contribution in [3.05, 3.63) is 5.92 Å². The molecule has 0 saturated carbocycles. The van der Waals surface area contributed by atoms with Gasteiger partial charge in [0.2, 0.25) is 0 Å². The second kappa shape index (κ2) is 8.26. The van der Waals surface area contributed by atoms with Crippen molar-refractivity contribution in [3.63, 3.8) is 0 Å². The minimum absolute atomic E-state index is 0.240. The Hall–Kier alpha value is -1.06. The van der Waals surface area contributed by atoms with E-state index < -0.39 is 0 Å². The zero-order chi connectivity index (χ0) is 11.7. The largest absolute Gasteiger partial charge is 0.469 e. The van der Waals surface area contributed by atoms with Crippen LogP contribution in [0.1, 0.15) is 39.0 Å². The zero-order valence-electron chi connectivity index (χ0n) is 9.67. The molecule has 0 aromatic heterocycles. The third-order valence-electron chi connectivity index (χ3n) is 2.11. The van der Waals surface area contributed by atoms with Crippen molar-refractivity contribution in [1.82, 2.24) is 0 Å². The van der Waals surface area contributed by atoms with Crippen LogP contribution in [-0.4, -0.2) is 26.2 Å². The number of carbonyl (C=O) groups excluding carboxylic acids is 2. The fourth-order valence-electron chi connectivity index (χ4n) is 1.32. The second-order valence-corrected chi connectivity index (χ2v) is 3.27. The highest BCUT2D eigenvalue weighted by atomic mass is 16.5. The monoisotopic (exact) mass is 215 g/mol. The van der Waals surface area contributed by atoms with Gasteiger partial charge in [-0.2, -0.15) is 0 Å². The number of hydrogen-bond acceptors (Lipinski definition) is 4. The Balaban J connectivity index is 3.85. The molecule has 0 fully saturated rings. The summed E-state index contributed by atoms with van der Waals surface area (Å²) in [5.74, 6) is 0.251. The van der Waals surface area contributed by atoms with Crippen molar-refractivity contribution in [2.24, 2.45) is 0 Å². The Labute approximate surface area is 90.9 Å². The highest BCUT2D eigenvalue weighted by molar-refractivity contribution is 5.84. The molecule has 0 saturated heterocycles. The molecule has 0 heterocycles. The first kappa shape index (κ1) is 13.9. The van der Waals surface area contributed by atoms with Crippen molar-refractivity contribution in [1.29, 1.82) is 0 Å². The van der Waals surface area contributed by atoms with Crippen molar-refractivity contribution >= 4 is 11.9 Å². The smallest absolute Gasteiger partial charge is 0.312 e. The van der Waals surface area contributed by atoms with Gasteiger partial charge in [0.05, 0.1) is 20.1 Å². The predicted octanol–water partition coefficient (Wildman–Crippen LogP) is 1.88. The van der Waals surface area contributed by atoms with E-state index in [1.165, 1.54) is 14.2 Å². The second-order valence-electron chi connectivity index (χ2n) is 3.27. The predicted molar refractivity (Wildman–Crippen MR) is 56.0 cm³/mol. The van der Waals surface area contributed by atoms with E-state index in [1.54, 1.807) is 0 Å². The molecular weight excluding hydrogens is 196 g/mol. The van der Waals surface area contributed by atoms with Gasteiger partial charge in [0, 0.05) is 6.42 Å². The Morgan fingerprint density at radius 2 is 1.67 bits per heavy atom. The maximum Gasteiger partial charge on any atom is 0.312 e. The van der Waals surface area contributed by atoms with E-state index in [-0.39, 0.29) is 11.9 Å². The van der Waals surface area contributed by atoms with Crippen molar-refractivity contribution in [3.8, 4) is 0 Å². The third kappa shape index (κ3) is 6.10. The lowest BCUT2D eigenvalue weighted by Gasteiger charge is -2.11. The van der Waals surface area contributed by atoms with Crippen LogP contribution in [0.5, 0.6) is 0 Å². The van der Waals surface area contributed by atoms with E-state index in [9.17, 15) is 9.59 Å². The fraction of sp³-hybridized carbons (Fsp3) is 0.727. The molecule has 1 radical (unpaired) electrons. The average molecular weight is 215 g/mol. The van der Waals surface area contributed by atoms with E-state index in [0.717, 1.165) is 18.8 Å². The number of rotatable bonds is 7. The fourth-order valence-corrected chi connectivity index (χ4v) is 1.32. The summed E-state index contributed by atoms with van der Waals surface area (Å²) in [6.07, 6.45) is 3.23. The number of methoxy groups -OCH3 is 2. The number of esters is 2. The first-order valence-electron chi connectivity index (χ1n) is 5.15. The quantitative estimate of drug-likeness (QED) is 0.608. The Bertz CT molecular complexity index is 201. The van der Waals surface area contributed by atoms with Gasteiger partial charge in [-0.05, 0) is 19.3 Å². The van der Waals surface area contributed by atoms with Gasteiger partial charge in [-0.25, -0.2) is 0 Å². The normalized spacial score (nSPS) is 10.1. The molecule has 15 heavy (non-hydrogen) atoms. The zero-order valence-corrected chi connectivity index (χ0v) is 9.67. The van der Waals surface area contributed by atoms with E-state index in [4.69, 9.17) is 0 Å². The molecule has 0 aliphatic carbocycles. The van der Waals surface area contributed by atoms with Gasteiger partial charge in [0.25, 0.3) is 0 Å². The van der Waals surface area contributed by atoms with Crippen LogP contribution in [0.4, 0.5) is 0 Å². The van der Waals surface area contributed by atoms with E-state index in [1.807, 2.05) is 6.92 Å². The van der Waals surface area contributed by atoms with Crippen LogP contribution in [-0.2, 0) is 19.1 Å². The number of carbonyl (C=O) groups is 2. The molecule has 0 aliphatic heterocycles. The number of hydrogen-bond donors (Lipinski definition) is 0. The van der Waals surface area contributed by atoms with Crippen LogP contribution < -0.4 is 0 Å². The molecule has 0 atom stereocenters.